The summed E-state index contributed by atoms with van der Waals surface area (Å²) < 4.78 is 28.0. The molecule has 0 saturated carbocycles. The van der Waals surface area contributed by atoms with Gasteiger partial charge in [0.2, 0.25) is 15.9 Å². The number of aliphatic imine (C=N–C) groups is 1. The zero-order valence-corrected chi connectivity index (χ0v) is 17.4. The molecule has 1 unspecified atom stereocenters. The van der Waals surface area contributed by atoms with Gasteiger partial charge in [-0.1, -0.05) is 68.3 Å². The minimum absolute atomic E-state index is 0.0774. The number of Topliss-reactive ketones (excluding diaryl/α,β-unsaturated/α-hetero) is 1. The molecule has 1 heterocycles. The van der Waals surface area contributed by atoms with Gasteiger partial charge in [0.1, 0.15) is 6.04 Å². The predicted molar refractivity (Wildman–Crippen MR) is 112 cm³/mol. The van der Waals surface area contributed by atoms with Crippen LogP contribution in [0.25, 0.3) is 0 Å². The molecule has 0 radical (unpaired) electrons. The summed E-state index contributed by atoms with van der Waals surface area (Å²) in [7, 11) is -3.91. The van der Waals surface area contributed by atoms with Gasteiger partial charge in [0.25, 0.3) is 0 Å². The summed E-state index contributed by atoms with van der Waals surface area (Å²) in [5.41, 5.74) is 0.876. The van der Waals surface area contributed by atoms with E-state index in [1.807, 2.05) is 6.92 Å². The van der Waals surface area contributed by atoms with E-state index in [1.54, 1.807) is 48.5 Å². The monoisotopic (exact) mass is 412 g/mol. The van der Waals surface area contributed by atoms with E-state index in [4.69, 9.17) is 0 Å². The zero-order valence-electron chi connectivity index (χ0n) is 16.5. The Morgan fingerprint density at radius 2 is 1.66 bits per heavy atom. The first-order chi connectivity index (χ1) is 13.9. The molecule has 0 saturated heterocycles. The highest BCUT2D eigenvalue weighted by atomic mass is 32.2. The van der Waals surface area contributed by atoms with E-state index in [1.165, 1.54) is 17.3 Å². The van der Waals surface area contributed by atoms with Gasteiger partial charge >= 0.3 is 0 Å². The molecule has 1 aliphatic rings. The number of unbranched alkanes of at least 4 members (excludes halogenated alkanes) is 2. The van der Waals surface area contributed by atoms with Crippen molar-refractivity contribution >= 4 is 27.4 Å². The molecule has 29 heavy (non-hydrogen) atoms. The number of hydrogen-bond donors (Lipinski definition) is 0. The molecule has 2 aromatic carbocycles. The molecule has 0 aliphatic carbocycles. The van der Waals surface area contributed by atoms with Crippen LogP contribution in [0.1, 0.15) is 49.0 Å². The number of rotatable bonds is 6. The van der Waals surface area contributed by atoms with Gasteiger partial charge in [-0.2, -0.15) is 4.31 Å². The predicted octanol–water partition coefficient (Wildman–Crippen LogP) is 3.47. The standard InChI is InChI=1S/C22H24N2O4S/c1-3-4-10-15-24-21(22(26)17-11-6-5-7-12-17)20(23-16(2)25)18-13-8-9-14-19(18)29(24,27)28/h5-9,11-14,21H,3-4,10,15H2,1-2H3. The van der Waals surface area contributed by atoms with Crippen molar-refractivity contribution in [3.63, 3.8) is 0 Å². The lowest BCUT2D eigenvalue weighted by molar-refractivity contribution is -0.115. The van der Waals surface area contributed by atoms with Crippen LogP contribution in [0.15, 0.2) is 64.5 Å². The molecule has 1 amide bonds. The van der Waals surface area contributed by atoms with E-state index >= 15 is 0 Å². The second-order valence-corrected chi connectivity index (χ2v) is 8.83. The van der Waals surface area contributed by atoms with Crippen molar-refractivity contribution in [2.45, 2.75) is 44.0 Å². The van der Waals surface area contributed by atoms with Gasteiger partial charge in [0.15, 0.2) is 5.78 Å². The maximum atomic E-state index is 13.4. The normalized spacial score (nSPS) is 19.7. The molecule has 0 spiro atoms. The van der Waals surface area contributed by atoms with E-state index in [9.17, 15) is 18.0 Å². The molecular weight excluding hydrogens is 388 g/mol. The molecule has 3 rings (SSSR count). The number of sulfonamides is 1. The van der Waals surface area contributed by atoms with Crippen molar-refractivity contribution in [2.75, 3.05) is 6.54 Å². The summed E-state index contributed by atoms with van der Waals surface area (Å²) in [6.07, 6.45) is 2.36. The Hall–Kier alpha value is -2.64. The van der Waals surface area contributed by atoms with Crippen molar-refractivity contribution in [1.82, 2.24) is 4.31 Å². The summed E-state index contributed by atoms with van der Waals surface area (Å²) in [6.45, 7) is 3.50. The molecule has 2 aromatic rings. The lowest BCUT2D eigenvalue weighted by Crippen LogP contribution is -2.54. The molecular formula is C22H24N2O4S. The quantitative estimate of drug-likeness (QED) is 0.537. The van der Waals surface area contributed by atoms with E-state index < -0.39 is 22.0 Å². The number of carbonyl (C=O) groups excluding carboxylic acids is 2. The van der Waals surface area contributed by atoms with Crippen molar-refractivity contribution in [2.24, 2.45) is 4.99 Å². The van der Waals surface area contributed by atoms with Crippen LogP contribution in [0.5, 0.6) is 0 Å². The minimum Gasteiger partial charge on any atom is -0.292 e. The molecule has 6 nitrogen and oxygen atoms in total. The summed E-state index contributed by atoms with van der Waals surface area (Å²) in [5.74, 6) is -0.867. The second-order valence-electron chi connectivity index (χ2n) is 6.97. The fourth-order valence-corrected chi connectivity index (χ4v) is 5.32. The van der Waals surface area contributed by atoms with Gasteiger partial charge in [-0.25, -0.2) is 13.4 Å². The first-order valence-electron chi connectivity index (χ1n) is 9.67. The lowest BCUT2D eigenvalue weighted by Gasteiger charge is -2.36. The Kier molecular flexibility index (Phi) is 6.39. The van der Waals surface area contributed by atoms with Crippen LogP contribution in [0.3, 0.4) is 0 Å². The second kappa shape index (κ2) is 8.80. The third kappa shape index (κ3) is 4.21. The van der Waals surface area contributed by atoms with Crippen molar-refractivity contribution in [3.8, 4) is 0 Å². The Balaban J connectivity index is 2.23. The highest BCUT2D eigenvalue weighted by Crippen LogP contribution is 2.32. The summed E-state index contributed by atoms with van der Waals surface area (Å²) >= 11 is 0. The van der Waals surface area contributed by atoms with Gasteiger partial charge < -0.3 is 0 Å². The number of carbonyl (C=O) groups is 2. The largest absolute Gasteiger partial charge is 0.292 e. The molecule has 7 heteroatoms. The summed E-state index contributed by atoms with van der Waals surface area (Å²) in [5, 5.41) is 0. The smallest absolute Gasteiger partial charge is 0.244 e. The first-order valence-corrected chi connectivity index (χ1v) is 11.1. The van der Waals surface area contributed by atoms with Crippen molar-refractivity contribution in [3.05, 3.63) is 65.7 Å². The maximum Gasteiger partial charge on any atom is 0.244 e. The fourth-order valence-electron chi connectivity index (χ4n) is 3.53. The van der Waals surface area contributed by atoms with E-state index in [0.717, 1.165) is 12.8 Å². The van der Waals surface area contributed by atoms with Gasteiger partial charge in [0.05, 0.1) is 10.6 Å². The average Bonchev–Trinajstić information content (AvgIpc) is 2.71. The topological polar surface area (TPSA) is 83.9 Å². The number of amides is 1. The third-order valence-corrected chi connectivity index (χ3v) is 6.79. The fraction of sp³-hybridized carbons (Fsp3) is 0.318. The van der Waals surface area contributed by atoms with Crippen LogP contribution in [0.2, 0.25) is 0 Å². The summed E-state index contributed by atoms with van der Waals surface area (Å²) in [6, 6.07) is 13.8. The number of ketones is 1. The highest BCUT2D eigenvalue weighted by molar-refractivity contribution is 7.89. The van der Waals surface area contributed by atoms with Gasteiger partial charge in [-0.3, -0.25) is 9.59 Å². The number of benzene rings is 2. The van der Waals surface area contributed by atoms with Crippen LogP contribution < -0.4 is 0 Å². The summed E-state index contributed by atoms with van der Waals surface area (Å²) in [4.78, 5) is 29.5. The molecule has 152 valence electrons. The molecule has 0 fully saturated rings. The van der Waals surface area contributed by atoms with Gasteiger partial charge in [0, 0.05) is 24.6 Å². The van der Waals surface area contributed by atoms with Crippen LogP contribution in [0, 0.1) is 0 Å². The SMILES string of the molecule is CCCCCN1C(C(=O)c2ccccc2)C(=NC(C)=O)c2ccccc2S1(=O)=O. The average molecular weight is 413 g/mol. The number of hydrogen-bond acceptors (Lipinski definition) is 4. The molecule has 0 bridgehead atoms. The van der Waals surface area contributed by atoms with Gasteiger partial charge in [-0.15, -0.1) is 0 Å². The van der Waals surface area contributed by atoms with E-state index in [0.29, 0.717) is 17.5 Å². The van der Waals surface area contributed by atoms with E-state index in [2.05, 4.69) is 4.99 Å². The van der Waals surface area contributed by atoms with Crippen molar-refractivity contribution < 1.29 is 18.0 Å². The Bertz CT molecular complexity index is 1050. The van der Waals surface area contributed by atoms with Crippen LogP contribution in [0.4, 0.5) is 0 Å². The minimum atomic E-state index is -3.91. The Morgan fingerprint density at radius 3 is 2.31 bits per heavy atom. The Labute approximate surface area is 171 Å². The molecule has 1 aliphatic heterocycles. The van der Waals surface area contributed by atoms with E-state index in [-0.39, 0.29) is 22.9 Å². The molecule has 0 N–H and O–H groups in total. The highest BCUT2D eigenvalue weighted by Gasteiger charge is 2.45. The molecule has 0 aromatic heterocycles. The number of nitrogens with zero attached hydrogens (tertiary/aromatic N) is 2. The van der Waals surface area contributed by atoms with Crippen LogP contribution in [-0.2, 0) is 14.8 Å². The maximum absolute atomic E-state index is 13.4. The lowest BCUT2D eigenvalue weighted by atomic mass is 9.94. The number of fused-ring (bicyclic) bond motifs is 1. The van der Waals surface area contributed by atoms with Crippen molar-refractivity contribution in [1.29, 1.82) is 0 Å². The Morgan fingerprint density at radius 1 is 1.00 bits per heavy atom. The van der Waals surface area contributed by atoms with Gasteiger partial charge in [-0.05, 0) is 12.5 Å². The first kappa shape index (κ1) is 21.1. The zero-order chi connectivity index (χ0) is 21.0. The molecule has 1 atom stereocenters. The van der Waals surface area contributed by atoms with Crippen LogP contribution in [-0.4, -0.2) is 42.7 Å². The third-order valence-electron chi connectivity index (χ3n) is 4.86. The van der Waals surface area contributed by atoms with Crippen LogP contribution >= 0.6 is 0 Å².